The highest BCUT2D eigenvalue weighted by atomic mass is 32.1. The van der Waals surface area contributed by atoms with Crippen molar-refractivity contribution in [1.82, 2.24) is 15.2 Å². The standard InChI is InChI=1S/C17H18FN3OS/c18-13-3-1-2-12(7-13)15-8-19-17(23-15)16(22)20-14-6-11-4-5-21(9-11)10-14/h1-3,7-8,11,14H,4-6,9-10H2,(H,20,22)/t11-,14+/m0/s1. The average molecular weight is 331 g/mol. The van der Waals surface area contributed by atoms with Crippen LogP contribution in [-0.2, 0) is 0 Å². The molecule has 3 atom stereocenters. The summed E-state index contributed by atoms with van der Waals surface area (Å²) >= 11 is 1.31. The molecule has 2 aromatic rings. The number of piperidine rings is 1. The van der Waals surface area contributed by atoms with Crippen molar-refractivity contribution in [2.24, 2.45) is 5.92 Å². The number of nitrogens with one attached hydrogen (secondary N) is 1. The lowest BCUT2D eigenvalue weighted by Crippen LogP contribution is -2.46. The fraction of sp³-hybridized carbons (Fsp3) is 0.412. The molecule has 2 bridgehead atoms. The molecule has 2 aliphatic heterocycles. The molecule has 4 nitrogen and oxygen atoms in total. The van der Waals surface area contributed by atoms with Gasteiger partial charge in [-0.3, -0.25) is 4.79 Å². The SMILES string of the molecule is O=C(N[C@@H]1C[C@@H]2CCN(C2)C1)c1ncc(-c2cccc(F)c2)s1. The Bertz CT molecular complexity index is 720. The minimum atomic E-state index is -0.284. The summed E-state index contributed by atoms with van der Waals surface area (Å²) in [6.07, 6.45) is 3.94. The number of hydrogen-bond acceptors (Lipinski definition) is 4. The van der Waals surface area contributed by atoms with E-state index in [4.69, 9.17) is 0 Å². The number of nitrogens with zero attached hydrogens (tertiary/aromatic N) is 2. The normalized spacial score (nSPS) is 26.2. The van der Waals surface area contributed by atoms with Crippen LogP contribution in [0.5, 0.6) is 0 Å². The van der Waals surface area contributed by atoms with Gasteiger partial charge in [0.15, 0.2) is 5.01 Å². The third-order valence-corrected chi connectivity index (χ3v) is 5.66. The van der Waals surface area contributed by atoms with E-state index in [1.807, 2.05) is 6.07 Å². The molecular formula is C17H18FN3OS. The van der Waals surface area contributed by atoms with Gasteiger partial charge in [-0.1, -0.05) is 12.1 Å². The van der Waals surface area contributed by atoms with Crippen LogP contribution in [-0.4, -0.2) is 41.5 Å². The first-order valence-corrected chi connectivity index (χ1v) is 8.74. The summed E-state index contributed by atoms with van der Waals surface area (Å²) in [4.78, 5) is 19.8. The van der Waals surface area contributed by atoms with Crippen molar-refractivity contribution in [3.8, 4) is 10.4 Å². The molecule has 23 heavy (non-hydrogen) atoms. The molecule has 3 heterocycles. The van der Waals surface area contributed by atoms with Crippen LogP contribution in [0.15, 0.2) is 30.5 Å². The van der Waals surface area contributed by atoms with E-state index < -0.39 is 0 Å². The maximum atomic E-state index is 13.3. The van der Waals surface area contributed by atoms with Gasteiger partial charge in [-0.25, -0.2) is 9.37 Å². The number of amides is 1. The second kappa shape index (κ2) is 6.02. The van der Waals surface area contributed by atoms with E-state index in [2.05, 4.69) is 15.2 Å². The lowest BCUT2D eigenvalue weighted by atomic mass is 9.97. The van der Waals surface area contributed by atoms with Crippen molar-refractivity contribution in [3.63, 3.8) is 0 Å². The van der Waals surface area contributed by atoms with Crippen LogP contribution in [0, 0.1) is 11.7 Å². The highest BCUT2D eigenvalue weighted by molar-refractivity contribution is 7.16. The van der Waals surface area contributed by atoms with E-state index in [1.165, 1.54) is 36.4 Å². The van der Waals surface area contributed by atoms with Gasteiger partial charge in [-0.2, -0.15) is 0 Å². The van der Waals surface area contributed by atoms with Crippen LogP contribution in [0.2, 0.25) is 0 Å². The number of carbonyl (C=O) groups is 1. The molecule has 0 aliphatic carbocycles. The van der Waals surface area contributed by atoms with Crippen LogP contribution < -0.4 is 5.32 Å². The molecule has 1 amide bonds. The van der Waals surface area contributed by atoms with Crippen LogP contribution >= 0.6 is 11.3 Å². The lowest BCUT2D eigenvalue weighted by molar-refractivity contribution is 0.0909. The maximum absolute atomic E-state index is 13.3. The summed E-state index contributed by atoms with van der Waals surface area (Å²) in [5.41, 5.74) is 0.753. The summed E-state index contributed by atoms with van der Waals surface area (Å²) in [6.45, 7) is 3.26. The van der Waals surface area contributed by atoms with Crippen LogP contribution in [0.4, 0.5) is 4.39 Å². The Morgan fingerprint density at radius 3 is 3.13 bits per heavy atom. The van der Waals surface area contributed by atoms with Crippen molar-refractivity contribution >= 4 is 17.2 Å². The molecule has 1 aromatic heterocycles. The molecule has 2 aliphatic rings. The monoisotopic (exact) mass is 331 g/mol. The van der Waals surface area contributed by atoms with E-state index in [-0.39, 0.29) is 17.8 Å². The third-order valence-electron chi connectivity index (χ3n) is 4.61. The zero-order valence-electron chi connectivity index (χ0n) is 12.7. The molecule has 0 saturated carbocycles. The Labute approximate surface area is 138 Å². The van der Waals surface area contributed by atoms with Crippen molar-refractivity contribution in [2.45, 2.75) is 18.9 Å². The smallest absolute Gasteiger partial charge is 0.280 e. The number of halogens is 1. The van der Waals surface area contributed by atoms with Crippen molar-refractivity contribution in [3.05, 3.63) is 41.3 Å². The van der Waals surface area contributed by atoms with Gasteiger partial charge in [-0.15, -0.1) is 11.3 Å². The number of thiazole rings is 1. The van der Waals surface area contributed by atoms with Gasteiger partial charge in [0.1, 0.15) is 5.82 Å². The van der Waals surface area contributed by atoms with Gasteiger partial charge >= 0.3 is 0 Å². The summed E-state index contributed by atoms with van der Waals surface area (Å²) in [5, 5.41) is 3.55. The summed E-state index contributed by atoms with van der Waals surface area (Å²) < 4.78 is 13.3. The van der Waals surface area contributed by atoms with Crippen molar-refractivity contribution < 1.29 is 9.18 Å². The molecule has 0 spiro atoms. The Morgan fingerprint density at radius 2 is 2.30 bits per heavy atom. The summed E-state index contributed by atoms with van der Waals surface area (Å²) in [5.74, 6) is 0.312. The van der Waals surface area contributed by atoms with Gasteiger partial charge < -0.3 is 10.2 Å². The molecule has 1 unspecified atom stereocenters. The Hall–Kier alpha value is -1.79. The van der Waals surface area contributed by atoms with Gasteiger partial charge in [-0.05, 0) is 43.0 Å². The second-order valence-electron chi connectivity index (χ2n) is 6.36. The number of fused-ring (bicyclic) bond motifs is 2. The minimum Gasteiger partial charge on any atom is -0.346 e. The Morgan fingerprint density at radius 1 is 1.39 bits per heavy atom. The summed E-state index contributed by atoms with van der Waals surface area (Å²) in [7, 11) is 0. The zero-order valence-corrected chi connectivity index (χ0v) is 13.5. The van der Waals surface area contributed by atoms with E-state index in [1.54, 1.807) is 12.3 Å². The van der Waals surface area contributed by atoms with Gasteiger partial charge in [0, 0.05) is 25.3 Å². The second-order valence-corrected chi connectivity index (χ2v) is 7.39. The Balaban J connectivity index is 1.45. The molecule has 1 N–H and O–H groups in total. The van der Waals surface area contributed by atoms with E-state index in [0.29, 0.717) is 10.9 Å². The number of carbonyl (C=O) groups excluding carboxylic acids is 1. The van der Waals surface area contributed by atoms with E-state index in [0.717, 1.165) is 30.0 Å². The molecule has 120 valence electrons. The van der Waals surface area contributed by atoms with Gasteiger partial charge in [0.05, 0.1) is 4.88 Å². The first kappa shape index (κ1) is 14.8. The molecule has 1 aromatic carbocycles. The predicted molar refractivity (Wildman–Crippen MR) is 87.9 cm³/mol. The van der Waals surface area contributed by atoms with Crippen LogP contribution in [0.1, 0.15) is 22.6 Å². The first-order chi connectivity index (χ1) is 11.2. The van der Waals surface area contributed by atoms with Gasteiger partial charge in [0.2, 0.25) is 0 Å². The molecule has 0 radical (unpaired) electrons. The van der Waals surface area contributed by atoms with Crippen LogP contribution in [0.25, 0.3) is 10.4 Å². The highest BCUT2D eigenvalue weighted by Gasteiger charge is 2.33. The first-order valence-electron chi connectivity index (χ1n) is 7.92. The predicted octanol–water partition coefficient (Wildman–Crippen LogP) is 2.77. The maximum Gasteiger partial charge on any atom is 0.280 e. The topological polar surface area (TPSA) is 45.2 Å². The number of benzene rings is 1. The number of hydrogen-bond donors (Lipinski definition) is 1. The molecule has 6 heteroatoms. The van der Waals surface area contributed by atoms with E-state index in [9.17, 15) is 9.18 Å². The lowest BCUT2D eigenvalue weighted by Gasteiger charge is -2.30. The molecule has 2 saturated heterocycles. The van der Waals surface area contributed by atoms with Gasteiger partial charge in [0.25, 0.3) is 5.91 Å². The minimum absolute atomic E-state index is 0.120. The summed E-state index contributed by atoms with van der Waals surface area (Å²) in [6, 6.07) is 6.57. The highest BCUT2D eigenvalue weighted by Crippen LogP contribution is 2.28. The fourth-order valence-corrected chi connectivity index (χ4v) is 4.38. The fourth-order valence-electron chi connectivity index (χ4n) is 3.57. The largest absolute Gasteiger partial charge is 0.346 e. The average Bonchev–Trinajstić information content (AvgIpc) is 3.14. The van der Waals surface area contributed by atoms with E-state index >= 15 is 0 Å². The number of rotatable bonds is 3. The Kier molecular flexibility index (Phi) is 3.87. The molecular weight excluding hydrogens is 313 g/mol. The third kappa shape index (κ3) is 3.14. The van der Waals surface area contributed by atoms with Crippen LogP contribution in [0.3, 0.4) is 0 Å². The molecule has 2 fully saturated rings. The van der Waals surface area contributed by atoms with Crippen molar-refractivity contribution in [2.75, 3.05) is 19.6 Å². The quantitative estimate of drug-likeness (QED) is 0.941. The van der Waals surface area contributed by atoms with Crippen molar-refractivity contribution in [1.29, 1.82) is 0 Å². The number of aromatic nitrogens is 1. The molecule has 4 rings (SSSR count). The zero-order chi connectivity index (χ0) is 15.8.